The van der Waals surface area contributed by atoms with Gasteiger partial charge < -0.3 is 9.64 Å². The van der Waals surface area contributed by atoms with Crippen LogP contribution in [0.25, 0.3) is 20.4 Å². The van der Waals surface area contributed by atoms with E-state index in [1.165, 1.54) is 28.2 Å². The fraction of sp³-hybridized carbons (Fsp3) is 0.259. The highest BCUT2D eigenvalue weighted by atomic mass is 32.1. The van der Waals surface area contributed by atoms with Crippen molar-refractivity contribution in [3.05, 3.63) is 64.3 Å². The van der Waals surface area contributed by atoms with E-state index >= 15 is 0 Å². The Labute approximate surface area is 217 Å². The molecule has 5 aromatic rings. The number of anilines is 3. The van der Waals surface area contributed by atoms with E-state index in [9.17, 15) is 4.79 Å². The topological polar surface area (TPSA) is 80.2 Å². The molecular weight excluding hydrogens is 490 g/mol. The molecular formula is C27H27N5O2S2. The van der Waals surface area contributed by atoms with E-state index in [4.69, 9.17) is 9.72 Å². The lowest BCUT2D eigenvalue weighted by atomic mass is 10.0. The van der Waals surface area contributed by atoms with Crippen LogP contribution < -0.4 is 15.0 Å². The van der Waals surface area contributed by atoms with Gasteiger partial charge in [-0.3, -0.25) is 10.1 Å². The number of carbonyl (C=O) groups excluding carboxylic acids is 1. The number of thiazole rings is 1. The van der Waals surface area contributed by atoms with Crippen molar-refractivity contribution in [3.8, 4) is 5.75 Å². The van der Waals surface area contributed by atoms with Crippen LogP contribution >= 0.6 is 22.7 Å². The molecule has 0 saturated heterocycles. The Morgan fingerprint density at radius 1 is 1.03 bits per heavy atom. The van der Waals surface area contributed by atoms with Crippen molar-refractivity contribution in [2.45, 2.75) is 33.6 Å². The summed E-state index contributed by atoms with van der Waals surface area (Å²) in [5.41, 5.74) is 3.99. The Bertz CT molecular complexity index is 1590. The fourth-order valence-electron chi connectivity index (χ4n) is 4.13. The lowest BCUT2D eigenvalue weighted by Crippen LogP contribution is -2.13. The largest absolute Gasteiger partial charge is 0.497 e. The summed E-state index contributed by atoms with van der Waals surface area (Å²) < 4.78 is 6.25. The summed E-state index contributed by atoms with van der Waals surface area (Å²) >= 11 is 2.80. The zero-order valence-electron chi connectivity index (χ0n) is 21.0. The molecule has 0 aliphatic heterocycles. The number of amides is 1. The second kappa shape index (κ2) is 9.48. The van der Waals surface area contributed by atoms with Gasteiger partial charge in [0, 0.05) is 12.7 Å². The van der Waals surface area contributed by atoms with Gasteiger partial charge in [-0.25, -0.2) is 15.0 Å². The molecule has 1 N–H and O–H groups in total. The second-order valence-corrected chi connectivity index (χ2v) is 11.0. The van der Waals surface area contributed by atoms with E-state index < -0.39 is 0 Å². The number of ether oxygens (including phenoxy) is 1. The van der Waals surface area contributed by atoms with Crippen molar-refractivity contribution in [3.63, 3.8) is 0 Å². The minimum absolute atomic E-state index is 0.200. The van der Waals surface area contributed by atoms with Gasteiger partial charge in [0.05, 0.1) is 27.6 Å². The SMILES string of the molecule is COc1ccc2nc(NC(=O)c3sc4nc(C)nc(N(C)c5ccc(C(C)C)cc5)c4c3C)sc2c1. The fourth-order valence-corrected chi connectivity index (χ4v) is 6.13. The number of benzene rings is 2. The average molecular weight is 518 g/mol. The summed E-state index contributed by atoms with van der Waals surface area (Å²) in [4.78, 5) is 30.7. The van der Waals surface area contributed by atoms with Gasteiger partial charge in [0.25, 0.3) is 5.91 Å². The molecule has 0 radical (unpaired) electrons. The molecule has 3 heterocycles. The maximum Gasteiger partial charge on any atom is 0.267 e. The molecule has 0 aliphatic carbocycles. The highest BCUT2D eigenvalue weighted by Gasteiger charge is 2.23. The first-order valence-corrected chi connectivity index (χ1v) is 13.3. The maximum atomic E-state index is 13.3. The Morgan fingerprint density at radius 3 is 2.47 bits per heavy atom. The van der Waals surface area contributed by atoms with Crippen LogP contribution in [0.4, 0.5) is 16.6 Å². The maximum absolute atomic E-state index is 13.3. The molecule has 0 atom stereocenters. The van der Waals surface area contributed by atoms with Crippen molar-refractivity contribution in [2.24, 2.45) is 0 Å². The van der Waals surface area contributed by atoms with Gasteiger partial charge in [-0.15, -0.1) is 11.3 Å². The number of aryl methyl sites for hydroxylation is 2. The lowest BCUT2D eigenvalue weighted by Gasteiger charge is -2.20. The Kier molecular flexibility index (Phi) is 6.36. The molecule has 1 amide bonds. The number of methoxy groups -OCH3 is 1. The molecule has 2 aromatic carbocycles. The van der Waals surface area contributed by atoms with E-state index in [0.29, 0.717) is 21.8 Å². The van der Waals surface area contributed by atoms with Crippen molar-refractivity contribution in [1.82, 2.24) is 15.0 Å². The monoisotopic (exact) mass is 517 g/mol. The van der Waals surface area contributed by atoms with Crippen molar-refractivity contribution in [2.75, 3.05) is 24.4 Å². The van der Waals surface area contributed by atoms with E-state index in [1.54, 1.807) is 7.11 Å². The number of rotatable bonds is 6. The summed E-state index contributed by atoms with van der Waals surface area (Å²) in [6, 6.07) is 14.2. The summed E-state index contributed by atoms with van der Waals surface area (Å²) in [6.07, 6.45) is 0. The van der Waals surface area contributed by atoms with Crippen LogP contribution in [0, 0.1) is 13.8 Å². The standard InChI is InChI=1S/C27H27N5O2S2/c1-14(2)17-7-9-18(10-8-17)32(5)24-22-15(3)23(36-26(22)29-16(4)28-24)25(33)31-27-30-20-12-11-19(34-6)13-21(20)35-27/h7-14H,1-6H3,(H,30,31,33). The Morgan fingerprint density at radius 2 is 1.78 bits per heavy atom. The molecule has 36 heavy (non-hydrogen) atoms. The number of nitrogens with zero attached hydrogens (tertiary/aromatic N) is 4. The minimum Gasteiger partial charge on any atom is -0.497 e. The first-order valence-electron chi connectivity index (χ1n) is 11.6. The normalized spacial score (nSPS) is 11.4. The molecule has 3 aromatic heterocycles. The summed E-state index contributed by atoms with van der Waals surface area (Å²) in [5.74, 6) is 2.48. The third kappa shape index (κ3) is 4.40. The van der Waals surface area contributed by atoms with Crippen LogP contribution in [-0.2, 0) is 0 Å². The van der Waals surface area contributed by atoms with Gasteiger partial charge in [0.1, 0.15) is 22.2 Å². The van der Waals surface area contributed by atoms with E-state index in [0.717, 1.165) is 43.3 Å². The molecule has 184 valence electrons. The van der Waals surface area contributed by atoms with Gasteiger partial charge in [-0.1, -0.05) is 37.3 Å². The van der Waals surface area contributed by atoms with Crippen LogP contribution in [0.5, 0.6) is 5.75 Å². The number of hydrogen-bond acceptors (Lipinski definition) is 8. The zero-order chi connectivity index (χ0) is 25.6. The van der Waals surface area contributed by atoms with Crippen LogP contribution in [0.15, 0.2) is 42.5 Å². The van der Waals surface area contributed by atoms with Gasteiger partial charge in [0.15, 0.2) is 5.13 Å². The van der Waals surface area contributed by atoms with E-state index in [2.05, 4.69) is 58.3 Å². The zero-order valence-corrected chi connectivity index (χ0v) is 22.7. The quantitative estimate of drug-likeness (QED) is 0.259. The van der Waals surface area contributed by atoms with Crippen molar-refractivity contribution < 1.29 is 9.53 Å². The molecule has 0 bridgehead atoms. The second-order valence-electron chi connectivity index (χ2n) is 8.94. The minimum atomic E-state index is -0.200. The molecule has 9 heteroatoms. The predicted octanol–water partition coefficient (Wildman–Crippen LogP) is 7.07. The molecule has 0 aliphatic rings. The summed E-state index contributed by atoms with van der Waals surface area (Å²) in [5, 5.41) is 4.41. The number of aromatic nitrogens is 3. The number of nitrogens with one attached hydrogen (secondary N) is 1. The van der Waals surface area contributed by atoms with Crippen molar-refractivity contribution >= 4 is 65.7 Å². The van der Waals surface area contributed by atoms with Crippen LogP contribution in [0.2, 0.25) is 0 Å². The first kappa shape index (κ1) is 24.1. The van der Waals surface area contributed by atoms with Crippen molar-refractivity contribution in [1.29, 1.82) is 0 Å². The average Bonchev–Trinajstić information content (AvgIpc) is 3.42. The molecule has 0 fully saturated rings. The van der Waals surface area contributed by atoms with Crippen LogP contribution in [-0.4, -0.2) is 35.0 Å². The Hall–Kier alpha value is -3.56. The van der Waals surface area contributed by atoms with Gasteiger partial charge in [-0.2, -0.15) is 0 Å². The van der Waals surface area contributed by atoms with Gasteiger partial charge in [0.2, 0.25) is 0 Å². The van der Waals surface area contributed by atoms with Gasteiger partial charge >= 0.3 is 0 Å². The summed E-state index contributed by atoms with van der Waals surface area (Å²) in [6.45, 7) is 8.20. The Balaban J connectivity index is 1.49. The van der Waals surface area contributed by atoms with E-state index in [1.807, 2.05) is 39.1 Å². The lowest BCUT2D eigenvalue weighted by molar-refractivity contribution is 0.103. The van der Waals surface area contributed by atoms with Crippen LogP contribution in [0.3, 0.4) is 0 Å². The number of fused-ring (bicyclic) bond motifs is 2. The summed E-state index contributed by atoms with van der Waals surface area (Å²) in [7, 11) is 3.63. The van der Waals surface area contributed by atoms with Crippen LogP contribution in [0.1, 0.15) is 46.4 Å². The third-order valence-corrected chi connectivity index (χ3v) is 8.29. The first-order chi connectivity index (χ1) is 17.2. The molecule has 5 rings (SSSR count). The molecule has 0 spiro atoms. The molecule has 7 nitrogen and oxygen atoms in total. The highest BCUT2D eigenvalue weighted by molar-refractivity contribution is 7.23. The molecule has 0 unspecified atom stereocenters. The molecule has 0 saturated carbocycles. The highest BCUT2D eigenvalue weighted by Crippen LogP contribution is 2.38. The number of carbonyl (C=O) groups is 1. The third-order valence-electron chi connectivity index (χ3n) is 6.17. The van der Waals surface area contributed by atoms with Gasteiger partial charge in [-0.05, 0) is 61.2 Å². The number of thiophene rings is 1. The predicted molar refractivity (Wildman–Crippen MR) is 150 cm³/mol. The smallest absolute Gasteiger partial charge is 0.267 e. The van der Waals surface area contributed by atoms with E-state index in [-0.39, 0.29) is 5.91 Å². The number of hydrogen-bond donors (Lipinski definition) is 1.